The van der Waals surface area contributed by atoms with Crippen LogP contribution in [-0.2, 0) is 0 Å². The van der Waals surface area contributed by atoms with E-state index in [9.17, 15) is 0 Å². The molecule has 5 heteroatoms. The summed E-state index contributed by atoms with van der Waals surface area (Å²) in [7, 11) is -0.891. The zero-order valence-corrected chi connectivity index (χ0v) is 22.5. The van der Waals surface area contributed by atoms with Crippen LogP contribution in [0.5, 0.6) is 0 Å². The Morgan fingerprint density at radius 2 is 1.30 bits per heavy atom. The molecule has 0 spiro atoms. The first-order valence-corrected chi connectivity index (χ1v) is 16.5. The van der Waals surface area contributed by atoms with Gasteiger partial charge in [-0.3, -0.25) is 4.44 Å². The van der Waals surface area contributed by atoms with Gasteiger partial charge in [-0.15, -0.1) is 0 Å². The zero-order chi connectivity index (χ0) is 22.5. The molecule has 2 aromatic carbocycles. The maximum Gasteiger partial charge on any atom is 0.0335 e. The van der Waals surface area contributed by atoms with Crippen LogP contribution in [0.1, 0.15) is 55.1 Å². The van der Waals surface area contributed by atoms with E-state index in [0.717, 1.165) is 0 Å². The molecule has 33 heavy (non-hydrogen) atoms. The summed E-state index contributed by atoms with van der Waals surface area (Å²) < 4.78 is 3.01. The van der Waals surface area contributed by atoms with Gasteiger partial charge in [-0.05, 0) is 72.1 Å². The Hall–Kier alpha value is -1.34. The summed E-state index contributed by atoms with van der Waals surface area (Å²) in [5, 5.41) is 12.4. The van der Waals surface area contributed by atoms with Gasteiger partial charge in [0.25, 0.3) is 0 Å². The topological polar surface area (TPSA) is 3.24 Å². The molecule has 1 nitrogen and oxygen atoms in total. The molecule has 5 rings (SSSR count). The number of rotatable bonds is 9. The van der Waals surface area contributed by atoms with Gasteiger partial charge in [0.15, 0.2) is 0 Å². The van der Waals surface area contributed by atoms with E-state index < -0.39 is 8.07 Å². The summed E-state index contributed by atoms with van der Waals surface area (Å²) in [5.41, 5.74) is 4.33. The van der Waals surface area contributed by atoms with Crippen LogP contribution in [0.2, 0.25) is 0 Å². The first-order valence-electron chi connectivity index (χ1n) is 11.9. The van der Waals surface area contributed by atoms with Gasteiger partial charge in [-0.1, -0.05) is 74.0 Å². The molecule has 2 atom stereocenters. The summed E-state index contributed by atoms with van der Waals surface area (Å²) >= 11 is 3.69. The molecule has 1 aliphatic heterocycles. The van der Waals surface area contributed by atoms with Gasteiger partial charge in [0, 0.05) is 36.5 Å². The lowest BCUT2D eigenvalue weighted by atomic mass is 10.0. The average Bonchev–Trinajstić information content (AvgIpc) is 3.65. The highest BCUT2D eigenvalue weighted by Crippen LogP contribution is 2.76. The van der Waals surface area contributed by atoms with Gasteiger partial charge >= 0.3 is 0 Å². The molecule has 0 bridgehead atoms. The van der Waals surface area contributed by atoms with E-state index in [1.165, 1.54) is 54.0 Å². The van der Waals surface area contributed by atoms with Crippen molar-refractivity contribution in [2.75, 3.05) is 6.54 Å². The molecule has 170 valence electrons. The van der Waals surface area contributed by atoms with Crippen LogP contribution in [0.15, 0.2) is 94.3 Å². The highest BCUT2D eigenvalue weighted by atomic mass is 32.1. The second-order valence-electron chi connectivity index (χ2n) is 8.53. The third kappa shape index (κ3) is 5.19. The van der Waals surface area contributed by atoms with E-state index in [4.69, 9.17) is 0 Å². The summed E-state index contributed by atoms with van der Waals surface area (Å²) in [6.45, 7) is 3.52. The first kappa shape index (κ1) is 23.4. The Balaban J connectivity index is 1.63. The van der Waals surface area contributed by atoms with E-state index in [-0.39, 0.29) is 8.07 Å². The van der Waals surface area contributed by atoms with Crippen molar-refractivity contribution < 1.29 is 0 Å². The Labute approximate surface area is 209 Å². The highest BCUT2D eigenvalue weighted by Gasteiger charge is 2.44. The number of unbranched alkanes of at least 4 members (excludes halogenated alkanes) is 1. The average molecular weight is 508 g/mol. The molecule has 1 saturated heterocycles. The fourth-order valence-electron chi connectivity index (χ4n) is 4.90. The molecule has 1 fully saturated rings. The molecule has 0 aliphatic carbocycles. The number of benzene rings is 2. The van der Waals surface area contributed by atoms with Crippen LogP contribution >= 0.6 is 38.8 Å². The largest absolute Gasteiger partial charge is 0.251 e. The Kier molecular flexibility index (Phi) is 8.08. The maximum atomic E-state index is 3.01. The van der Waals surface area contributed by atoms with Crippen LogP contribution in [0.25, 0.3) is 0 Å². The first-order chi connectivity index (χ1) is 16.4. The zero-order valence-electron chi connectivity index (χ0n) is 19.1. The van der Waals surface area contributed by atoms with Gasteiger partial charge in [0.05, 0.1) is 0 Å². The van der Waals surface area contributed by atoms with Gasteiger partial charge in [-0.2, -0.15) is 22.7 Å². The van der Waals surface area contributed by atoms with Gasteiger partial charge in [-0.25, -0.2) is 0 Å². The Morgan fingerprint density at radius 3 is 1.73 bits per heavy atom. The van der Waals surface area contributed by atoms with E-state index in [0.29, 0.717) is 11.3 Å². The van der Waals surface area contributed by atoms with Crippen molar-refractivity contribution in [1.29, 1.82) is 0 Å². The summed E-state index contributed by atoms with van der Waals surface area (Å²) in [6, 6.07) is 27.5. The standard InChI is InChI=1S/C28H31NP2S2/c1-2-3-18-29(30(25-16-19-32-21-25)26-17-20-33-22-26)31-27(23-10-6-4-7-11-23)14-15-28(31)24-12-8-5-9-13-24/h4-13,16-17,19-22,27-28H,2-3,14-15,18H2,1H3. The fourth-order valence-corrected chi connectivity index (χ4v) is 14.3. The van der Waals surface area contributed by atoms with Crippen molar-refractivity contribution in [3.63, 3.8) is 0 Å². The monoisotopic (exact) mass is 507 g/mol. The van der Waals surface area contributed by atoms with E-state index in [1.54, 1.807) is 0 Å². The van der Waals surface area contributed by atoms with Crippen molar-refractivity contribution in [2.45, 2.75) is 43.9 Å². The third-order valence-electron chi connectivity index (χ3n) is 6.43. The summed E-state index contributed by atoms with van der Waals surface area (Å²) in [6.07, 6.45) is 5.07. The predicted molar refractivity (Wildman–Crippen MR) is 151 cm³/mol. The lowest BCUT2D eigenvalue weighted by Gasteiger charge is -2.42. The third-order valence-corrected chi connectivity index (χ3v) is 14.6. The number of hydrogen-bond donors (Lipinski definition) is 0. The molecular formula is C28H31NP2S2. The minimum Gasteiger partial charge on any atom is -0.251 e. The molecule has 0 amide bonds. The van der Waals surface area contributed by atoms with Crippen molar-refractivity contribution in [2.24, 2.45) is 0 Å². The number of thiophene rings is 2. The Bertz CT molecular complexity index is 1000. The summed E-state index contributed by atoms with van der Waals surface area (Å²) in [4.78, 5) is 0. The molecular weight excluding hydrogens is 476 g/mol. The Morgan fingerprint density at radius 1 is 0.788 bits per heavy atom. The molecule has 4 aromatic rings. The second kappa shape index (κ2) is 11.4. The number of nitrogens with zero attached hydrogens (tertiary/aromatic N) is 1. The van der Waals surface area contributed by atoms with Crippen LogP contribution in [0, 0.1) is 0 Å². The van der Waals surface area contributed by atoms with Gasteiger partial charge in [0.1, 0.15) is 0 Å². The van der Waals surface area contributed by atoms with Crippen molar-refractivity contribution in [3.05, 3.63) is 105 Å². The number of hydrogen-bond acceptors (Lipinski definition) is 3. The predicted octanol–water partition coefficient (Wildman–Crippen LogP) is 8.93. The molecule has 0 N–H and O–H groups in total. The van der Waals surface area contributed by atoms with Crippen molar-refractivity contribution in [3.8, 4) is 0 Å². The lowest BCUT2D eigenvalue weighted by Crippen LogP contribution is -2.26. The summed E-state index contributed by atoms with van der Waals surface area (Å²) in [5.74, 6) is 0. The quantitative estimate of drug-likeness (QED) is 0.204. The van der Waals surface area contributed by atoms with Crippen LogP contribution in [0.3, 0.4) is 0 Å². The fraction of sp³-hybridized carbons (Fsp3) is 0.286. The minimum absolute atomic E-state index is 0.377. The lowest BCUT2D eigenvalue weighted by molar-refractivity contribution is 0.632. The van der Waals surface area contributed by atoms with E-state index in [2.05, 4.69) is 106 Å². The normalized spacial score (nSPS) is 20.6. The molecule has 3 heterocycles. The highest BCUT2D eigenvalue weighted by molar-refractivity contribution is 7.80. The molecule has 0 radical (unpaired) electrons. The molecule has 0 saturated carbocycles. The van der Waals surface area contributed by atoms with E-state index >= 15 is 0 Å². The SMILES string of the molecule is CCCCN(P(c1ccsc1)c1ccsc1)P1C(c2ccccc2)CCC1c1ccccc1. The molecule has 2 aromatic heterocycles. The molecule has 1 aliphatic rings. The van der Waals surface area contributed by atoms with Crippen molar-refractivity contribution >= 4 is 49.4 Å². The van der Waals surface area contributed by atoms with Crippen LogP contribution in [0.4, 0.5) is 0 Å². The minimum atomic E-state index is -0.514. The van der Waals surface area contributed by atoms with E-state index in [1.807, 2.05) is 22.7 Å². The van der Waals surface area contributed by atoms with Gasteiger partial charge < -0.3 is 0 Å². The maximum absolute atomic E-state index is 3.01. The second-order valence-corrected chi connectivity index (χ2v) is 15.0. The van der Waals surface area contributed by atoms with Crippen molar-refractivity contribution in [1.82, 2.24) is 4.44 Å². The van der Waals surface area contributed by atoms with Gasteiger partial charge in [0.2, 0.25) is 0 Å². The smallest absolute Gasteiger partial charge is 0.0335 e. The van der Waals surface area contributed by atoms with Crippen LogP contribution < -0.4 is 10.6 Å². The van der Waals surface area contributed by atoms with Crippen LogP contribution in [-0.4, -0.2) is 11.0 Å². The molecule has 2 unspecified atom stereocenters.